The van der Waals surface area contributed by atoms with Crippen molar-refractivity contribution in [2.45, 2.75) is 25.4 Å². The van der Waals surface area contributed by atoms with Crippen LogP contribution in [0.5, 0.6) is 0 Å². The van der Waals surface area contributed by atoms with Crippen LogP contribution in [0.1, 0.15) is 19.3 Å². The van der Waals surface area contributed by atoms with E-state index >= 15 is 0 Å². The van der Waals surface area contributed by atoms with E-state index in [0.29, 0.717) is 13.0 Å². The van der Waals surface area contributed by atoms with Crippen LogP contribution in [0.25, 0.3) is 0 Å². The summed E-state index contributed by atoms with van der Waals surface area (Å²) in [5, 5.41) is 20.5. The van der Waals surface area contributed by atoms with Crippen molar-refractivity contribution in [3.8, 4) is 12.3 Å². The molecule has 0 aromatic rings. The van der Waals surface area contributed by atoms with Crippen LogP contribution in [-0.2, 0) is 0 Å². The average Bonchev–Trinajstić information content (AvgIpc) is 2.10. The van der Waals surface area contributed by atoms with Crippen molar-refractivity contribution in [1.82, 2.24) is 5.32 Å². The first kappa shape index (κ1) is 11.4. The van der Waals surface area contributed by atoms with Gasteiger partial charge in [0.2, 0.25) is 0 Å². The number of aliphatic hydroxyl groups is 2. The molecule has 3 N–H and O–H groups in total. The van der Waals surface area contributed by atoms with Crippen molar-refractivity contribution in [2.75, 3.05) is 19.7 Å². The Balaban J connectivity index is 2.96. The fourth-order valence-electron chi connectivity index (χ4n) is 0.882. The van der Waals surface area contributed by atoms with E-state index in [2.05, 4.69) is 11.2 Å². The van der Waals surface area contributed by atoms with Gasteiger partial charge in [0.25, 0.3) is 0 Å². The molecule has 0 aliphatic heterocycles. The fraction of sp³-hybridized carbons (Fsp3) is 0.778. The van der Waals surface area contributed by atoms with Gasteiger partial charge in [0.15, 0.2) is 0 Å². The summed E-state index contributed by atoms with van der Waals surface area (Å²) in [5.74, 6) is 2.48. The molecule has 0 fully saturated rings. The summed E-state index contributed by atoms with van der Waals surface area (Å²) >= 11 is 0. The van der Waals surface area contributed by atoms with Crippen LogP contribution in [0, 0.1) is 12.3 Å². The van der Waals surface area contributed by atoms with Gasteiger partial charge in [0.05, 0.1) is 19.3 Å². The second-order valence-electron chi connectivity index (χ2n) is 2.71. The molecule has 0 spiro atoms. The first-order valence-electron chi connectivity index (χ1n) is 4.24. The highest BCUT2D eigenvalue weighted by Gasteiger charge is 1.99. The summed E-state index contributed by atoms with van der Waals surface area (Å²) in [7, 11) is 0. The first-order valence-corrected chi connectivity index (χ1v) is 4.24. The first-order chi connectivity index (χ1) is 5.81. The molecule has 1 unspecified atom stereocenters. The number of hydrogen-bond acceptors (Lipinski definition) is 3. The van der Waals surface area contributed by atoms with Gasteiger partial charge in [0, 0.05) is 0 Å². The van der Waals surface area contributed by atoms with E-state index in [0.717, 1.165) is 19.4 Å². The molecule has 0 saturated heterocycles. The van der Waals surface area contributed by atoms with Crippen molar-refractivity contribution >= 4 is 0 Å². The van der Waals surface area contributed by atoms with Gasteiger partial charge in [-0.3, -0.25) is 0 Å². The zero-order valence-corrected chi connectivity index (χ0v) is 7.29. The van der Waals surface area contributed by atoms with Gasteiger partial charge < -0.3 is 15.5 Å². The van der Waals surface area contributed by atoms with Crippen LogP contribution in [0.3, 0.4) is 0 Å². The molecule has 0 amide bonds. The van der Waals surface area contributed by atoms with Gasteiger partial charge >= 0.3 is 0 Å². The molecule has 0 rings (SSSR count). The molecule has 0 aromatic carbocycles. The average molecular weight is 171 g/mol. The van der Waals surface area contributed by atoms with Crippen molar-refractivity contribution in [1.29, 1.82) is 0 Å². The molecular weight excluding hydrogens is 154 g/mol. The number of terminal acetylenes is 1. The molecule has 0 heterocycles. The molecule has 70 valence electrons. The minimum atomic E-state index is -0.558. The molecule has 0 aromatic heterocycles. The molecule has 12 heavy (non-hydrogen) atoms. The van der Waals surface area contributed by atoms with Crippen LogP contribution in [-0.4, -0.2) is 36.0 Å². The lowest BCUT2D eigenvalue weighted by molar-refractivity contribution is 0.0862. The topological polar surface area (TPSA) is 52.5 Å². The highest BCUT2D eigenvalue weighted by atomic mass is 16.3. The highest BCUT2D eigenvalue weighted by molar-refractivity contribution is 4.86. The Bertz CT molecular complexity index is 131. The Morgan fingerprint density at radius 1 is 1.42 bits per heavy atom. The monoisotopic (exact) mass is 171 g/mol. The van der Waals surface area contributed by atoms with Gasteiger partial charge in [-0.15, -0.1) is 6.42 Å². The number of nitrogens with one attached hydrogen (secondary N) is 1. The fourth-order valence-corrected chi connectivity index (χ4v) is 0.882. The second-order valence-corrected chi connectivity index (χ2v) is 2.71. The van der Waals surface area contributed by atoms with Crippen molar-refractivity contribution in [2.24, 2.45) is 0 Å². The molecule has 3 heteroatoms. The van der Waals surface area contributed by atoms with E-state index in [-0.39, 0.29) is 6.61 Å². The Kier molecular flexibility index (Phi) is 8.14. The molecule has 0 radical (unpaired) electrons. The molecule has 0 aliphatic rings. The normalized spacial score (nSPS) is 12.4. The summed E-state index contributed by atoms with van der Waals surface area (Å²) in [6.07, 6.45) is 7.03. The zero-order chi connectivity index (χ0) is 9.23. The van der Waals surface area contributed by atoms with Crippen LogP contribution < -0.4 is 5.32 Å². The maximum Gasteiger partial charge on any atom is 0.0770 e. The largest absolute Gasteiger partial charge is 0.394 e. The van der Waals surface area contributed by atoms with Gasteiger partial charge in [-0.2, -0.15) is 0 Å². The summed E-state index contributed by atoms with van der Waals surface area (Å²) in [4.78, 5) is 0. The SMILES string of the molecule is C#CCNCCCCC(O)CO. The van der Waals surface area contributed by atoms with Crippen molar-refractivity contribution < 1.29 is 10.2 Å². The molecule has 1 atom stereocenters. The third-order valence-corrected chi connectivity index (χ3v) is 1.58. The lowest BCUT2D eigenvalue weighted by atomic mass is 10.1. The van der Waals surface area contributed by atoms with Crippen LogP contribution >= 0.6 is 0 Å². The maximum absolute atomic E-state index is 8.96. The van der Waals surface area contributed by atoms with Crippen LogP contribution in [0.4, 0.5) is 0 Å². The quantitative estimate of drug-likeness (QED) is 0.365. The number of hydrogen-bond donors (Lipinski definition) is 3. The molecule has 3 nitrogen and oxygen atoms in total. The van der Waals surface area contributed by atoms with Gasteiger partial charge in [-0.1, -0.05) is 5.92 Å². The van der Waals surface area contributed by atoms with E-state index in [1.54, 1.807) is 0 Å². The molecule has 0 saturated carbocycles. The lowest BCUT2D eigenvalue weighted by Crippen LogP contribution is -2.16. The van der Waals surface area contributed by atoms with E-state index in [4.69, 9.17) is 16.6 Å². The molecule has 0 aliphatic carbocycles. The van der Waals surface area contributed by atoms with E-state index in [9.17, 15) is 0 Å². The van der Waals surface area contributed by atoms with E-state index in [1.807, 2.05) is 0 Å². The van der Waals surface area contributed by atoms with Gasteiger partial charge in [-0.25, -0.2) is 0 Å². The Morgan fingerprint density at radius 2 is 2.17 bits per heavy atom. The number of unbranched alkanes of at least 4 members (excludes halogenated alkanes) is 1. The van der Waals surface area contributed by atoms with Crippen molar-refractivity contribution in [3.63, 3.8) is 0 Å². The lowest BCUT2D eigenvalue weighted by Gasteiger charge is -2.05. The predicted octanol–water partition coefficient (Wildman–Crippen LogP) is -0.267. The minimum Gasteiger partial charge on any atom is -0.394 e. The smallest absolute Gasteiger partial charge is 0.0770 e. The summed E-state index contributed by atoms with van der Waals surface area (Å²) in [5.41, 5.74) is 0. The van der Waals surface area contributed by atoms with Gasteiger partial charge in [-0.05, 0) is 25.8 Å². The van der Waals surface area contributed by atoms with E-state index < -0.39 is 6.10 Å². The highest BCUT2D eigenvalue weighted by Crippen LogP contribution is 1.98. The summed E-state index contributed by atoms with van der Waals surface area (Å²) in [6.45, 7) is 1.34. The summed E-state index contributed by atoms with van der Waals surface area (Å²) in [6, 6.07) is 0. The van der Waals surface area contributed by atoms with Crippen molar-refractivity contribution in [3.05, 3.63) is 0 Å². The zero-order valence-electron chi connectivity index (χ0n) is 7.29. The third kappa shape index (κ3) is 7.55. The minimum absolute atomic E-state index is 0.141. The summed E-state index contributed by atoms with van der Waals surface area (Å²) < 4.78 is 0. The Morgan fingerprint density at radius 3 is 2.75 bits per heavy atom. The maximum atomic E-state index is 8.96. The van der Waals surface area contributed by atoms with Crippen LogP contribution in [0.2, 0.25) is 0 Å². The number of aliphatic hydroxyl groups excluding tert-OH is 2. The second kappa shape index (κ2) is 8.54. The molecule has 0 bridgehead atoms. The number of rotatable bonds is 7. The predicted molar refractivity (Wildman–Crippen MR) is 48.6 cm³/mol. The molecular formula is C9H17NO2. The van der Waals surface area contributed by atoms with Crippen LogP contribution in [0.15, 0.2) is 0 Å². The standard InChI is InChI=1S/C9H17NO2/c1-2-6-10-7-4-3-5-9(12)8-11/h1,9-12H,3-8H2. The van der Waals surface area contributed by atoms with E-state index in [1.165, 1.54) is 0 Å². The van der Waals surface area contributed by atoms with Gasteiger partial charge in [0.1, 0.15) is 0 Å². The Labute approximate surface area is 73.8 Å². The third-order valence-electron chi connectivity index (χ3n) is 1.58. The Hall–Kier alpha value is -0.560.